The number of nitrogens with zero attached hydrogens (tertiary/aromatic N) is 3. The van der Waals surface area contributed by atoms with Crippen molar-refractivity contribution in [2.45, 2.75) is 38.9 Å². The third-order valence-electron chi connectivity index (χ3n) is 5.23. The number of hydrogen-bond acceptors (Lipinski definition) is 6. The Balaban J connectivity index is 0.00000408. The number of rotatable bonds is 7. The molecule has 0 saturated heterocycles. The second kappa shape index (κ2) is 10.8. The topological polar surface area (TPSA) is 99.4 Å². The fourth-order valence-corrected chi connectivity index (χ4v) is 3.53. The van der Waals surface area contributed by atoms with Crippen LogP contribution in [0.1, 0.15) is 53.0 Å². The average molecular weight is 523 g/mol. The Labute approximate surface area is 203 Å². The van der Waals surface area contributed by atoms with Crippen molar-refractivity contribution in [3.05, 3.63) is 70.9 Å². The van der Waals surface area contributed by atoms with Gasteiger partial charge in [0.1, 0.15) is 0 Å². The number of imide groups is 1. The van der Waals surface area contributed by atoms with Crippen molar-refractivity contribution in [2.24, 2.45) is 10.2 Å². The van der Waals surface area contributed by atoms with Crippen LogP contribution in [0.5, 0.6) is 0 Å². The SMILES string of the molecule is CCC(CC)N1C(=O)c2cccc(N=N/C(C(=O)C(F)(F)F)=C(\O)c3ccccc3)c2C1=O.[Cu+2]. The van der Waals surface area contributed by atoms with Crippen LogP contribution in [0.3, 0.4) is 0 Å². The summed E-state index contributed by atoms with van der Waals surface area (Å²) in [6.07, 6.45) is -4.28. The molecule has 1 heterocycles. The molecule has 0 fully saturated rings. The molecule has 1 aliphatic heterocycles. The van der Waals surface area contributed by atoms with Crippen molar-refractivity contribution in [2.75, 3.05) is 0 Å². The number of carbonyl (C=O) groups excluding carboxylic acids is 3. The molecule has 2 amide bonds. The van der Waals surface area contributed by atoms with Gasteiger partial charge in [0.2, 0.25) is 0 Å². The molecule has 1 N–H and O–H groups in total. The molecule has 0 aromatic heterocycles. The number of amides is 2. The standard InChI is InChI=1S/C23H20F3N3O4.Cu/c1-3-14(4-2)29-21(32)15-11-8-12-16(17(15)22(29)33)27-28-18(20(31)23(24,25)26)19(30)13-9-6-5-7-10-13;/h5-12,14,30H,3-4H2,1-2H3;/q;+2/b19-18-,28-27?;. The van der Waals surface area contributed by atoms with Crippen molar-refractivity contribution < 1.29 is 49.7 Å². The van der Waals surface area contributed by atoms with Gasteiger partial charge in [0.15, 0.2) is 11.5 Å². The average Bonchev–Trinajstić information content (AvgIpc) is 3.05. The first-order valence-corrected chi connectivity index (χ1v) is 10.1. The first kappa shape index (κ1) is 26.9. The van der Waals surface area contributed by atoms with Gasteiger partial charge < -0.3 is 5.11 Å². The van der Waals surface area contributed by atoms with Crippen LogP contribution in [-0.2, 0) is 21.9 Å². The van der Waals surface area contributed by atoms with Crippen LogP contribution in [0.4, 0.5) is 18.9 Å². The van der Waals surface area contributed by atoms with Crippen molar-refractivity contribution >= 4 is 29.0 Å². The minimum absolute atomic E-state index is 0. The number of aliphatic hydroxyl groups excluding tert-OH is 1. The van der Waals surface area contributed by atoms with Gasteiger partial charge in [-0.3, -0.25) is 19.3 Å². The van der Waals surface area contributed by atoms with Gasteiger partial charge in [0.05, 0.1) is 16.8 Å². The third-order valence-corrected chi connectivity index (χ3v) is 5.23. The number of ketones is 1. The minimum Gasteiger partial charge on any atom is -0.505 e. The maximum Gasteiger partial charge on any atom is 2.00 e. The summed E-state index contributed by atoms with van der Waals surface area (Å²) >= 11 is 0. The van der Waals surface area contributed by atoms with Gasteiger partial charge in [0.25, 0.3) is 17.6 Å². The van der Waals surface area contributed by atoms with E-state index in [9.17, 15) is 32.7 Å². The van der Waals surface area contributed by atoms with Crippen molar-refractivity contribution in [3.63, 3.8) is 0 Å². The summed E-state index contributed by atoms with van der Waals surface area (Å²) in [5.41, 5.74) is -1.67. The Morgan fingerprint density at radius 1 is 1.00 bits per heavy atom. The summed E-state index contributed by atoms with van der Waals surface area (Å²) in [6, 6.07) is 10.8. The number of hydrogen-bond donors (Lipinski definition) is 1. The van der Waals surface area contributed by atoms with E-state index in [2.05, 4.69) is 10.2 Å². The largest absolute Gasteiger partial charge is 2.00 e. The summed E-state index contributed by atoms with van der Waals surface area (Å²) in [7, 11) is 0. The number of fused-ring (bicyclic) bond motifs is 1. The van der Waals surface area contributed by atoms with Crippen LogP contribution < -0.4 is 0 Å². The number of allylic oxidation sites excluding steroid dienone is 1. The Hall–Kier alpha value is -3.30. The molecular formula is C23H20CuF3N3O4+2. The van der Waals surface area contributed by atoms with Crippen LogP contribution in [-0.4, -0.2) is 39.8 Å². The zero-order valence-electron chi connectivity index (χ0n) is 18.1. The molecule has 34 heavy (non-hydrogen) atoms. The Kier molecular flexibility index (Phi) is 8.52. The molecule has 0 saturated carbocycles. The molecule has 1 aliphatic rings. The Morgan fingerprint density at radius 3 is 2.18 bits per heavy atom. The zero-order chi connectivity index (χ0) is 24.3. The molecule has 1 radical (unpaired) electrons. The molecule has 3 rings (SSSR count). The molecule has 7 nitrogen and oxygen atoms in total. The van der Waals surface area contributed by atoms with E-state index in [1.54, 1.807) is 6.07 Å². The van der Waals surface area contributed by atoms with Crippen LogP contribution in [0.25, 0.3) is 5.76 Å². The number of aliphatic hydroxyl groups is 1. The monoisotopic (exact) mass is 522 g/mol. The summed E-state index contributed by atoms with van der Waals surface area (Å²) in [4.78, 5) is 38.8. The van der Waals surface area contributed by atoms with Gasteiger partial charge in [-0.25, -0.2) is 0 Å². The third kappa shape index (κ3) is 5.10. The van der Waals surface area contributed by atoms with E-state index in [0.717, 1.165) is 4.90 Å². The summed E-state index contributed by atoms with van der Waals surface area (Å²) < 4.78 is 39.5. The van der Waals surface area contributed by atoms with Crippen LogP contribution in [0.15, 0.2) is 64.5 Å². The fourth-order valence-electron chi connectivity index (χ4n) is 3.53. The molecule has 2 aromatic rings. The van der Waals surface area contributed by atoms with Crippen molar-refractivity contribution in [3.8, 4) is 0 Å². The molecule has 11 heteroatoms. The van der Waals surface area contributed by atoms with E-state index in [1.165, 1.54) is 42.5 Å². The Morgan fingerprint density at radius 2 is 1.62 bits per heavy atom. The van der Waals surface area contributed by atoms with Crippen molar-refractivity contribution in [1.82, 2.24) is 4.90 Å². The second-order valence-electron chi connectivity index (χ2n) is 7.24. The predicted molar refractivity (Wildman–Crippen MR) is 113 cm³/mol. The van der Waals surface area contributed by atoms with Crippen LogP contribution in [0.2, 0.25) is 0 Å². The number of benzene rings is 2. The first-order valence-electron chi connectivity index (χ1n) is 10.1. The fraction of sp³-hybridized carbons (Fsp3) is 0.261. The predicted octanol–water partition coefficient (Wildman–Crippen LogP) is 5.61. The smallest absolute Gasteiger partial charge is 0.505 e. The molecule has 0 unspecified atom stereocenters. The number of azo groups is 1. The molecule has 0 bridgehead atoms. The second-order valence-corrected chi connectivity index (χ2v) is 7.24. The van der Waals surface area contributed by atoms with Gasteiger partial charge in [0, 0.05) is 11.6 Å². The normalized spacial score (nSPS) is 14.4. The quantitative estimate of drug-likeness (QED) is 0.168. The van der Waals surface area contributed by atoms with Gasteiger partial charge in [-0.2, -0.15) is 13.2 Å². The van der Waals surface area contributed by atoms with Crippen LogP contribution in [0, 0.1) is 0 Å². The number of halogens is 3. The number of Topliss-reactive ketones (excluding diaryl/α,β-unsaturated/α-hetero) is 1. The van der Waals surface area contributed by atoms with Gasteiger partial charge in [-0.05, 0) is 25.0 Å². The van der Waals surface area contributed by atoms with E-state index < -0.39 is 35.2 Å². The summed E-state index contributed by atoms with van der Waals surface area (Å²) in [5, 5.41) is 17.4. The van der Waals surface area contributed by atoms with Crippen LogP contribution >= 0.6 is 0 Å². The molecule has 181 valence electrons. The molecule has 0 spiro atoms. The Bertz CT molecular complexity index is 1160. The summed E-state index contributed by atoms with van der Waals surface area (Å²) in [5.74, 6) is -4.59. The van der Waals surface area contributed by atoms with Gasteiger partial charge in [-0.1, -0.05) is 50.2 Å². The maximum absolute atomic E-state index is 13.2. The minimum atomic E-state index is -5.33. The number of alkyl halides is 3. The van der Waals surface area contributed by atoms with E-state index in [1.807, 2.05) is 13.8 Å². The molecular weight excluding hydrogens is 503 g/mol. The summed E-state index contributed by atoms with van der Waals surface area (Å²) in [6.45, 7) is 3.65. The van der Waals surface area contributed by atoms with E-state index in [0.29, 0.717) is 12.8 Å². The van der Waals surface area contributed by atoms with Gasteiger partial charge >= 0.3 is 23.2 Å². The van der Waals surface area contributed by atoms with Gasteiger partial charge in [-0.15, -0.1) is 10.2 Å². The van der Waals surface area contributed by atoms with E-state index in [-0.39, 0.29) is 45.5 Å². The molecule has 2 aromatic carbocycles. The molecule has 0 atom stereocenters. The number of carbonyl (C=O) groups is 3. The maximum atomic E-state index is 13.2. The van der Waals surface area contributed by atoms with E-state index >= 15 is 0 Å². The first-order chi connectivity index (χ1) is 15.6. The zero-order valence-corrected chi connectivity index (χ0v) is 19.0. The van der Waals surface area contributed by atoms with E-state index in [4.69, 9.17) is 0 Å². The molecule has 0 aliphatic carbocycles. The van der Waals surface area contributed by atoms with Crippen molar-refractivity contribution in [1.29, 1.82) is 0 Å².